The van der Waals surface area contributed by atoms with E-state index in [9.17, 15) is 18.0 Å². The topological polar surface area (TPSA) is 32.3 Å². The summed E-state index contributed by atoms with van der Waals surface area (Å²) in [6, 6.07) is 5.76. The number of carbonyl (C=O) groups is 1. The van der Waals surface area contributed by atoms with Gasteiger partial charge >= 0.3 is 6.18 Å². The Balaban J connectivity index is 1.43. The molecule has 27 heavy (non-hydrogen) atoms. The quantitative estimate of drug-likeness (QED) is 0.799. The van der Waals surface area contributed by atoms with E-state index in [1.54, 1.807) is 6.07 Å². The van der Waals surface area contributed by atoms with E-state index >= 15 is 0 Å². The number of rotatable bonds is 3. The Bertz CT molecular complexity index is 830. The molecule has 2 atom stereocenters. The van der Waals surface area contributed by atoms with E-state index in [0.29, 0.717) is 33.5 Å². The van der Waals surface area contributed by atoms with Gasteiger partial charge in [-0.25, -0.2) is 0 Å². The molecule has 2 aliphatic heterocycles. The summed E-state index contributed by atoms with van der Waals surface area (Å²) in [7, 11) is 0. The number of nitrogens with one attached hydrogen (secondary N) is 1. The van der Waals surface area contributed by atoms with Crippen molar-refractivity contribution >= 4 is 27.3 Å². The Kier molecular flexibility index (Phi) is 5.16. The van der Waals surface area contributed by atoms with Crippen LogP contribution < -0.4 is 5.32 Å². The number of thiophene rings is 1. The molecule has 3 nitrogen and oxygen atoms in total. The molecule has 0 saturated carbocycles. The normalized spacial score (nSPS) is 24.0. The van der Waals surface area contributed by atoms with Gasteiger partial charge in [-0.3, -0.25) is 4.79 Å². The number of fused-ring (bicyclic) bond motifs is 2. The van der Waals surface area contributed by atoms with Crippen LogP contribution in [0.1, 0.15) is 47.3 Å². The maximum Gasteiger partial charge on any atom is 0.416 e. The molecular formula is C20H23F3N2OS. The molecule has 146 valence electrons. The largest absolute Gasteiger partial charge is 0.416 e. The fourth-order valence-electron chi connectivity index (χ4n) is 4.46. The number of piperidine rings is 2. The van der Waals surface area contributed by atoms with Crippen molar-refractivity contribution in [2.75, 3.05) is 19.6 Å². The number of nitrogens with zero attached hydrogens (tertiary/aromatic N) is 1. The van der Waals surface area contributed by atoms with E-state index in [1.807, 2.05) is 0 Å². The molecule has 0 aliphatic carbocycles. The van der Waals surface area contributed by atoms with Crippen LogP contribution in [0.3, 0.4) is 0 Å². The minimum Gasteiger partial charge on any atom is -0.351 e. The minimum atomic E-state index is -4.37. The highest BCUT2D eigenvalue weighted by molar-refractivity contribution is 7.20. The van der Waals surface area contributed by atoms with Gasteiger partial charge in [-0.05, 0) is 74.3 Å². The molecular weight excluding hydrogens is 373 g/mol. The van der Waals surface area contributed by atoms with Crippen molar-refractivity contribution in [2.24, 2.45) is 5.92 Å². The maximum absolute atomic E-state index is 12.9. The molecule has 1 aromatic carbocycles. The smallest absolute Gasteiger partial charge is 0.351 e. The first kappa shape index (κ1) is 18.7. The molecule has 1 aromatic heterocycles. The van der Waals surface area contributed by atoms with E-state index < -0.39 is 11.7 Å². The Hall–Kier alpha value is -1.60. The molecule has 2 aliphatic rings. The summed E-state index contributed by atoms with van der Waals surface area (Å²) in [6.07, 6.45) is 1.64. The summed E-state index contributed by atoms with van der Waals surface area (Å²) >= 11 is 1.24. The number of hydrogen-bond donors (Lipinski definition) is 1. The number of benzene rings is 1. The highest BCUT2D eigenvalue weighted by Crippen LogP contribution is 2.34. The molecule has 0 spiro atoms. The van der Waals surface area contributed by atoms with Gasteiger partial charge in [-0.1, -0.05) is 6.42 Å². The van der Waals surface area contributed by atoms with E-state index in [-0.39, 0.29) is 5.91 Å². The average molecular weight is 396 g/mol. The van der Waals surface area contributed by atoms with E-state index in [1.165, 1.54) is 43.1 Å². The molecule has 2 aromatic rings. The zero-order valence-electron chi connectivity index (χ0n) is 15.0. The fraction of sp³-hybridized carbons (Fsp3) is 0.550. The van der Waals surface area contributed by atoms with Gasteiger partial charge in [-0.15, -0.1) is 11.3 Å². The maximum atomic E-state index is 12.9. The van der Waals surface area contributed by atoms with Crippen molar-refractivity contribution in [1.29, 1.82) is 0 Å². The van der Waals surface area contributed by atoms with Crippen molar-refractivity contribution in [3.63, 3.8) is 0 Å². The lowest BCUT2D eigenvalue weighted by Crippen LogP contribution is -2.50. The highest BCUT2D eigenvalue weighted by atomic mass is 32.1. The number of carbonyl (C=O) groups excluding carboxylic acids is 1. The Labute approximate surface area is 160 Å². The van der Waals surface area contributed by atoms with Crippen LogP contribution in [0.2, 0.25) is 0 Å². The first-order valence-corrected chi connectivity index (χ1v) is 10.4. The zero-order valence-corrected chi connectivity index (χ0v) is 15.8. The summed E-state index contributed by atoms with van der Waals surface area (Å²) in [6.45, 7) is 2.96. The van der Waals surface area contributed by atoms with Crippen LogP contribution in [0.15, 0.2) is 24.3 Å². The first-order valence-electron chi connectivity index (χ1n) is 9.55. The van der Waals surface area contributed by atoms with Gasteiger partial charge in [0, 0.05) is 17.3 Å². The third-order valence-electron chi connectivity index (χ3n) is 5.82. The molecule has 1 N–H and O–H groups in total. The van der Waals surface area contributed by atoms with Gasteiger partial charge in [0.2, 0.25) is 0 Å². The van der Waals surface area contributed by atoms with Crippen LogP contribution in [0.4, 0.5) is 13.2 Å². The SMILES string of the molecule is O=C(NCC1CCCN2CCCCC12)c1cc2cc(C(F)(F)F)ccc2s1. The Morgan fingerprint density at radius 1 is 1.15 bits per heavy atom. The lowest BCUT2D eigenvalue weighted by Gasteiger charge is -2.44. The van der Waals surface area contributed by atoms with Crippen molar-refractivity contribution in [3.05, 3.63) is 34.7 Å². The van der Waals surface area contributed by atoms with Gasteiger partial charge in [0.25, 0.3) is 5.91 Å². The van der Waals surface area contributed by atoms with Crippen LogP contribution in [-0.4, -0.2) is 36.5 Å². The summed E-state index contributed by atoms with van der Waals surface area (Å²) in [5.41, 5.74) is -0.681. The predicted octanol–water partition coefficient (Wildman–Crippen LogP) is 4.91. The van der Waals surface area contributed by atoms with Crippen molar-refractivity contribution in [3.8, 4) is 0 Å². The summed E-state index contributed by atoms with van der Waals surface area (Å²) < 4.78 is 39.3. The number of amides is 1. The summed E-state index contributed by atoms with van der Waals surface area (Å²) in [4.78, 5) is 15.6. The van der Waals surface area contributed by atoms with Crippen LogP contribution in [0.5, 0.6) is 0 Å². The molecule has 0 bridgehead atoms. The second-order valence-electron chi connectivity index (χ2n) is 7.57. The number of alkyl halides is 3. The average Bonchev–Trinajstić information content (AvgIpc) is 3.09. The standard InChI is InChI=1S/C20H23F3N2OS/c21-20(22,23)15-6-7-17-14(10-15)11-18(27-17)19(26)24-12-13-4-3-9-25-8-2-1-5-16(13)25/h6-7,10-11,13,16H,1-5,8-9,12H2,(H,24,26). The molecule has 3 heterocycles. The minimum absolute atomic E-state index is 0.183. The zero-order chi connectivity index (χ0) is 19.0. The Morgan fingerprint density at radius 3 is 2.78 bits per heavy atom. The van der Waals surface area contributed by atoms with Crippen LogP contribution in [-0.2, 0) is 6.18 Å². The summed E-state index contributed by atoms with van der Waals surface area (Å²) in [5, 5.41) is 3.50. The molecule has 7 heteroatoms. The number of hydrogen-bond acceptors (Lipinski definition) is 3. The van der Waals surface area contributed by atoms with Crippen molar-refractivity contribution in [2.45, 2.75) is 44.3 Å². The molecule has 4 rings (SSSR count). The molecule has 1 amide bonds. The highest BCUT2D eigenvalue weighted by Gasteiger charge is 2.33. The van der Waals surface area contributed by atoms with Gasteiger partial charge in [0.1, 0.15) is 0 Å². The summed E-state index contributed by atoms with van der Waals surface area (Å²) in [5.74, 6) is 0.284. The van der Waals surface area contributed by atoms with Crippen molar-refractivity contribution < 1.29 is 18.0 Å². The fourth-order valence-corrected chi connectivity index (χ4v) is 5.42. The first-order chi connectivity index (χ1) is 12.9. The van der Waals surface area contributed by atoms with Crippen LogP contribution in [0, 0.1) is 5.92 Å². The van der Waals surface area contributed by atoms with Gasteiger partial charge in [0.15, 0.2) is 0 Å². The van der Waals surface area contributed by atoms with E-state index in [4.69, 9.17) is 0 Å². The van der Waals surface area contributed by atoms with E-state index in [2.05, 4.69) is 10.2 Å². The molecule has 2 unspecified atom stereocenters. The van der Waals surface area contributed by atoms with Gasteiger partial charge in [-0.2, -0.15) is 13.2 Å². The lowest BCUT2D eigenvalue weighted by molar-refractivity contribution is -0.137. The third-order valence-corrected chi connectivity index (χ3v) is 6.94. The van der Waals surface area contributed by atoms with Crippen molar-refractivity contribution in [1.82, 2.24) is 10.2 Å². The van der Waals surface area contributed by atoms with Crippen LogP contribution >= 0.6 is 11.3 Å². The monoisotopic (exact) mass is 396 g/mol. The Morgan fingerprint density at radius 2 is 1.96 bits per heavy atom. The predicted molar refractivity (Wildman–Crippen MR) is 101 cm³/mol. The second-order valence-corrected chi connectivity index (χ2v) is 8.66. The second kappa shape index (κ2) is 7.43. The van der Waals surface area contributed by atoms with Gasteiger partial charge in [0.05, 0.1) is 10.4 Å². The molecule has 2 fully saturated rings. The third kappa shape index (κ3) is 3.99. The molecule has 2 saturated heterocycles. The number of halogens is 3. The lowest BCUT2D eigenvalue weighted by atomic mass is 9.83. The van der Waals surface area contributed by atoms with Gasteiger partial charge < -0.3 is 10.2 Å². The molecule has 0 radical (unpaired) electrons. The van der Waals surface area contributed by atoms with E-state index in [0.717, 1.165) is 31.6 Å². The van der Waals surface area contributed by atoms with Crippen LogP contribution in [0.25, 0.3) is 10.1 Å².